The Morgan fingerprint density at radius 2 is 2.21 bits per heavy atom. The van der Waals surface area contributed by atoms with Crippen LogP contribution in [0.15, 0.2) is 24.3 Å². The van der Waals surface area contributed by atoms with Crippen molar-refractivity contribution in [2.45, 2.75) is 6.29 Å². The number of hydrogen-bond donors (Lipinski definition) is 2. The van der Waals surface area contributed by atoms with E-state index in [0.29, 0.717) is 11.4 Å². The molecule has 0 aliphatic carbocycles. The summed E-state index contributed by atoms with van der Waals surface area (Å²) >= 11 is 0. The molecular formula is C9H12N2O3. The summed E-state index contributed by atoms with van der Waals surface area (Å²) in [4.78, 5) is 10.8. The largest absolute Gasteiger partial charge is 0.455 e. The first kappa shape index (κ1) is 10.3. The van der Waals surface area contributed by atoms with E-state index in [9.17, 15) is 4.79 Å². The number of nitrogens with two attached hydrogens (primary N) is 2. The predicted octanol–water partition coefficient (Wildman–Crippen LogP) is 0.105. The zero-order chi connectivity index (χ0) is 10.6. The van der Waals surface area contributed by atoms with E-state index < -0.39 is 12.2 Å². The van der Waals surface area contributed by atoms with Crippen LogP contribution >= 0.6 is 0 Å². The van der Waals surface area contributed by atoms with Crippen molar-refractivity contribution in [3.8, 4) is 5.75 Å². The first-order valence-electron chi connectivity index (χ1n) is 3.98. The summed E-state index contributed by atoms with van der Waals surface area (Å²) in [5.74, 6) is -0.245. The quantitative estimate of drug-likeness (QED) is 0.528. The van der Waals surface area contributed by atoms with Gasteiger partial charge in [0.25, 0.3) is 12.2 Å². The van der Waals surface area contributed by atoms with Crippen LogP contribution in [0.25, 0.3) is 0 Å². The average Bonchev–Trinajstić information content (AvgIpc) is 2.14. The lowest BCUT2D eigenvalue weighted by Crippen LogP contribution is -2.35. The third-order valence-corrected chi connectivity index (χ3v) is 1.55. The number of methoxy groups -OCH3 is 1. The van der Waals surface area contributed by atoms with Crippen molar-refractivity contribution < 1.29 is 14.3 Å². The number of carbonyl (C=O) groups excluding carboxylic acids is 1. The van der Waals surface area contributed by atoms with Gasteiger partial charge in [0.05, 0.1) is 0 Å². The topological polar surface area (TPSA) is 87.6 Å². The van der Waals surface area contributed by atoms with Gasteiger partial charge in [-0.1, -0.05) is 6.07 Å². The Labute approximate surface area is 81.6 Å². The van der Waals surface area contributed by atoms with Crippen molar-refractivity contribution in [1.29, 1.82) is 0 Å². The first-order valence-corrected chi connectivity index (χ1v) is 3.98. The second-order valence-corrected chi connectivity index (χ2v) is 2.66. The highest BCUT2D eigenvalue weighted by Gasteiger charge is 2.15. The van der Waals surface area contributed by atoms with E-state index in [1.54, 1.807) is 24.3 Å². The van der Waals surface area contributed by atoms with Gasteiger partial charge >= 0.3 is 0 Å². The molecule has 5 heteroatoms. The minimum Gasteiger partial charge on any atom is -0.455 e. The molecule has 0 radical (unpaired) electrons. The molecular weight excluding hydrogens is 184 g/mol. The zero-order valence-corrected chi connectivity index (χ0v) is 7.77. The number of ether oxygens (including phenoxy) is 2. The maximum absolute atomic E-state index is 10.8. The van der Waals surface area contributed by atoms with E-state index in [0.717, 1.165) is 0 Å². The molecule has 14 heavy (non-hydrogen) atoms. The number of nitrogen functional groups attached to an aromatic ring is 1. The maximum atomic E-state index is 10.8. The third-order valence-electron chi connectivity index (χ3n) is 1.55. The zero-order valence-electron chi connectivity index (χ0n) is 7.77. The summed E-state index contributed by atoms with van der Waals surface area (Å²) < 4.78 is 9.85. The van der Waals surface area contributed by atoms with Crippen LogP contribution in [0.3, 0.4) is 0 Å². The van der Waals surface area contributed by atoms with Gasteiger partial charge in [-0.2, -0.15) is 0 Å². The van der Waals surface area contributed by atoms with Crippen LogP contribution in [0.5, 0.6) is 5.75 Å². The maximum Gasteiger partial charge on any atom is 0.287 e. The number of benzene rings is 1. The number of amides is 1. The van der Waals surface area contributed by atoms with Gasteiger partial charge < -0.3 is 20.9 Å². The van der Waals surface area contributed by atoms with Gasteiger partial charge in [0.15, 0.2) is 0 Å². The summed E-state index contributed by atoms with van der Waals surface area (Å²) in [5, 5.41) is 0. The molecule has 1 aromatic rings. The molecule has 0 aliphatic rings. The van der Waals surface area contributed by atoms with Crippen molar-refractivity contribution in [2.75, 3.05) is 12.8 Å². The fraction of sp³-hybridized carbons (Fsp3) is 0.222. The molecule has 0 saturated carbocycles. The molecule has 4 N–H and O–H groups in total. The third kappa shape index (κ3) is 2.63. The molecule has 0 saturated heterocycles. The summed E-state index contributed by atoms with van der Waals surface area (Å²) in [7, 11) is 1.34. The fourth-order valence-corrected chi connectivity index (χ4v) is 0.934. The van der Waals surface area contributed by atoms with Crippen LogP contribution in [0.2, 0.25) is 0 Å². The highest BCUT2D eigenvalue weighted by molar-refractivity contribution is 5.77. The Hall–Kier alpha value is -1.75. The van der Waals surface area contributed by atoms with Gasteiger partial charge in [-0.3, -0.25) is 4.79 Å². The standard InChI is InChI=1S/C9H12N2O3/c1-13-9(8(11)12)14-7-4-2-3-6(10)5-7/h2-5,9H,10H2,1H3,(H2,11,12). The average molecular weight is 196 g/mol. The SMILES string of the molecule is COC(Oc1cccc(N)c1)C(N)=O. The summed E-state index contributed by atoms with van der Waals surface area (Å²) in [5.41, 5.74) is 11.1. The number of anilines is 1. The molecule has 1 amide bonds. The normalized spacial score (nSPS) is 12.1. The van der Waals surface area contributed by atoms with Crippen LogP contribution in [-0.2, 0) is 9.53 Å². The molecule has 1 aromatic carbocycles. The van der Waals surface area contributed by atoms with E-state index in [1.165, 1.54) is 7.11 Å². The van der Waals surface area contributed by atoms with E-state index in [-0.39, 0.29) is 0 Å². The van der Waals surface area contributed by atoms with Gasteiger partial charge in [-0.15, -0.1) is 0 Å². The van der Waals surface area contributed by atoms with E-state index >= 15 is 0 Å². The minimum atomic E-state index is -1.09. The van der Waals surface area contributed by atoms with E-state index in [1.807, 2.05) is 0 Å². The molecule has 0 fully saturated rings. The van der Waals surface area contributed by atoms with Gasteiger partial charge in [0, 0.05) is 18.9 Å². The molecule has 0 aromatic heterocycles. The van der Waals surface area contributed by atoms with Crippen LogP contribution in [0.4, 0.5) is 5.69 Å². The van der Waals surface area contributed by atoms with Gasteiger partial charge in [0.1, 0.15) is 5.75 Å². The predicted molar refractivity (Wildman–Crippen MR) is 51.5 cm³/mol. The number of hydrogen-bond acceptors (Lipinski definition) is 4. The Balaban J connectivity index is 2.72. The molecule has 0 heterocycles. The number of rotatable bonds is 4. The summed E-state index contributed by atoms with van der Waals surface area (Å²) in [6, 6.07) is 6.65. The van der Waals surface area contributed by atoms with Crippen molar-refractivity contribution in [1.82, 2.24) is 0 Å². The Bertz CT molecular complexity index is 328. The van der Waals surface area contributed by atoms with Crippen molar-refractivity contribution >= 4 is 11.6 Å². The van der Waals surface area contributed by atoms with Crippen LogP contribution in [0.1, 0.15) is 0 Å². The molecule has 1 rings (SSSR count). The van der Waals surface area contributed by atoms with E-state index in [2.05, 4.69) is 0 Å². The second-order valence-electron chi connectivity index (χ2n) is 2.66. The molecule has 0 aliphatic heterocycles. The van der Waals surface area contributed by atoms with Gasteiger partial charge in [-0.05, 0) is 12.1 Å². The van der Waals surface area contributed by atoms with Crippen molar-refractivity contribution in [3.05, 3.63) is 24.3 Å². The van der Waals surface area contributed by atoms with Crippen LogP contribution in [-0.4, -0.2) is 19.3 Å². The van der Waals surface area contributed by atoms with Crippen LogP contribution < -0.4 is 16.2 Å². The monoisotopic (exact) mass is 196 g/mol. The molecule has 76 valence electrons. The summed E-state index contributed by atoms with van der Waals surface area (Å²) in [6.45, 7) is 0. The first-order chi connectivity index (χ1) is 6.63. The lowest BCUT2D eigenvalue weighted by Gasteiger charge is -2.13. The van der Waals surface area contributed by atoms with Crippen LogP contribution in [0, 0.1) is 0 Å². The molecule has 0 bridgehead atoms. The highest BCUT2D eigenvalue weighted by atomic mass is 16.7. The fourth-order valence-electron chi connectivity index (χ4n) is 0.934. The summed E-state index contributed by atoms with van der Waals surface area (Å²) in [6.07, 6.45) is -1.09. The molecule has 5 nitrogen and oxygen atoms in total. The highest BCUT2D eigenvalue weighted by Crippen LogP contribution is 2.15. The lowest BCUT2D eigenvalue weighted by atomic mass is 10.3. The molecule has 0 spiro atoms. The van der Waals surface area contributed by atoms with Gasteiger partial charge in [0.2, 0.25) is 0 Å². The van der Waals surface area contributed by atoms with Crippen molar-refractivity contribution in [2.24, 2.45) is 5.73 Å². The van der Waals surface area contributed by atoms with Crippen molar-refractivity contribution in [3.63, 3.8) is 0 Å². The second kappa shape index (κ2) is 4.48. The Kier molecular flexibility index (Phi) is 3.30. The molecule has 1 atom stereocenters. The molecule has 1 unspecified atom stereocenters. The Morgan fingerprint density at radius 1 is 1.50 bits per heavy atom. The van der Waals surface area contributed by atoms with Gasteiger partial charge in [-0.25, -0.2) is 0 Å². The number of primary amides is 1. The smallest absolute Gasteiger partial charge is 0.287 e. The minimum absolute atomic E-state index is 0.440. The number of carbonyl (C=O) groups is 1. The lowest BCUT2D eigenvalue weighted by molar-refractivity contribution is -0.144. The van der Waals surface area contributed by atoms with E-state index in [4.69, 9.17) is 20.9 Å². The Morgan fingerprint density at radius 3 is 2.71 bits per heavy atom.